The minimum atomic E-state index is -0.0880. The quantitative estimate of drug-likeness (QED) is 0.578. The van der Waals surface area contributed by atoms with E-state index in [4.69, 9.17) is 5.73 Å². The third-order valence-electron chi connectivity index (χ3n) is 1.00. The van der Waals surface area contributed by atoms with Gasteiger partial charge in [-0.1, -0.05) is 20.8 Å². The molecule has 10 heavy (non-hydrogen) atoms. The highest BCUT2D eigenvalue weighted by atomic mass is 16.1. The maximum Gasteiger partial charge on any atom is 0.233 e. The lowest BCUT2D eigenvalue weighted by Crippen LogP contribution is -2.36. The Bertz CT molecular complexity index is 115. The molecular formula is C7H16N2O. The summed E-state index contributed by atoms with van der Waals surface area (Å²) in [5, 5.41) is 2.71. The van der Waals surface area contributed by atoms with Crippen molar-refractivity contribution in [3.8, 4) is 0 Å². The summed E-state index contributed by atoms with van der Waals surface area (Å²) in [7, 11) is 0. The molecule has 0 fully saturated rings. The molecule has 0 aromatic heterocycles. The molecular weight excluding hydrogens is 128 g/mol. The summed E-state index contributed by atoms with van der Waals surface area (Å²) < 4.78 is 0. The van der Waals surface area contributed by atoms with Crippen molar-refractivity contribution in [2.75, 3.05) is 13.1 Å². The van der Waals surface area contributed by atoms with Crippen LogP contribution in [0.3, 0.4) is 0 Å². The predicted molar refractivity (Wildman–Crippen MR) is 41.5 cm³/mol. The largest absolute Gasteiger partial charge is 0.354 e. The fraction of sp³-hybridized carbons (Fsp3) is 0.857. The number of carbonyl (C=O) groups excluding carboxylic acids is 1. The molecule has 0 saturated heterocycles. The Balaban J connectivity index is 3.46. The summed E-state index contributed by atoms with van der Waals surface area (Å²) in [6.45, 7) is 6.94. The van der Waals surface area contributed by atoms with Crippen LogP contribution in [0.2, 0.25) is 0 Å². The van der Waals surface area contributed by atoms with Crippen LogP contribution < -0.4 is 11.1 Å². The number of nitrogens with one attached hydrogen (secondary N) is 1. The molecule has 0 bridgehead atoms. The lowest BCUT2D eigenvalue weighted by Gasteiger charge is -2.18. The Morgan fingerprint density at radius 1 is 1.50 bits per heavy atom. The van der Waals surface area contributed by atoms with E-state index in [0.29, 0.717) is 6.54 Å². The predicted octanol–water partition coefficient (Wildman–Crippen LogP) is 0.107. The van der Waals surface area contributed by atoms with Crippen LogP contribution in [0.4, 0.5) is 0 Å². The van der Waals surface area contributed by atoms with Crippen LogP contribution in [-0.2, 0) is 4.79 Å². The summed E-state index contributed by atoms with van der Waals surface area (Å²) in [4.78, 5) is 10.6. The first-order valence-corrected chi connectivity index (χ1v) is 3.42. The topological polar surface area (TPSA) is 55.1 Å². The van der Waals surface area contributed by atoms with Crippen molar-refractivity contribution >= 4 is 5.91 Å². The maximum atomic E-state index is 10.6. The van der Waals surface area contributed by atoms with Gasteiger partial charge in [0.15, 0.2) is 0 Å². The molecule has 0 radical (unpaired) electrons. The van der Waals surface area contributed by atoms with E-state index < -0.39 is 0 Å². The fourth-order valence-corrected chi connectivity index (χ4v) is 0.436. The van der Waals surface area contributed by atoms with Crippen molar-refractivity contribution in [2.45, 2.75) is 20.8 Å². The van der Waals surface area contributed by atoms with Gasteiger partial charge in [-0.25, -0.2) is 0 Å². The SMILES string of the molecule is CC(C)(C)CNC(=O)CN. The Hall–Kier alpha value is -0.570. The first-order chi connectivity index (χ1) is 4.45. The van der Waals surface area contributed by atoms with Crippen LogP contribution in [0.15, 0.2) is 0 Å². The van der Waals surface area contributed by atoms with Gasteiger partial charge in [-0.2, -0.15) is 0 Å². The van der Waals surface area contributed by atoms with Gasteiger partial charge in [0.1, 0.15) is 0 Å². The molecule has 0 atom stereocenters. The average Bonchev–Trinajstić information content (AvgIpc) is 1.81. The van der Waals surface area contributed by atoms with E-state index in [2.05, 4.69) is 26.1 Å². The molecule has 0 saturated carbocycles. The fourth-order valence-electron chi connectivity index (χ4n) is 0.436. The summed E-state index contributed by atoms with van der Waals surface area (Å²) >= 11 is 0. The van der Waals surface area contributed by atoms with Crippen LogP contribution in [0.5, 0.6) is 0 Å². The Morgan fingerprint density at radius 3 is 2.30 bits per heavy atom. The number of hydrogen-bond donors (Lipinski definition) is 2. The standard InChI is InChI=1S/C7H16N2O/c1-7(2,3)5-9-6(10)4-8/h4-5,8H2,1-3H3,(H,9,10). The summed E-state index contributed by atoms with van der Waals surface area (Å²) in [5.41, 5.74) is 5.23. The minimum absolute atomic E-state index is 0.0794. The van der Waals surface area contributed by atoms with Gasteiger partial charge in [-0.3, -0.25) is 4.79 Å². The average molecular weight is 144 g/mol. The Morgan fingerprint density at radius 2 is 2.00 bits per heavy atom. The first-order valence-electron chi connectivity index (χ1n) is 3.42. The Kier molecular flexibility index (Phi) is 3.36. The van der Waals surface area contributed by atoms with Gasteiger partial charge in [-0.05, 0) is 5.41 Å². The van der Waals surface area contributed by atoms with E-state index >= 15 is 0 Å². The number of hydrogen-bond acceptors (Lipinski definition) is 2. The van der Waals surface area contributed by atoms with Crippen molar-refractivity contribution in [1.29, 1.82) is 0 Å². The van der Waals surface area contributed by atoms with E-state index in [9.17, 15) is 4.79 Å². The lowest BCUT2D eigenvalue weighted by molar-refractivity contribution is -0.120. The molecule has 3 N–H and O–H groups in total. The molecule has 0 aromatic rings. The Labute approximate surface area is 62.0 Å². The van der Waals surface area contributed by atoms with Crippen LogP contribution in [-0.4, -0.2) is 19.0 Å². The number of nitrogens with two attached hydrogens (primary N) is 1. The molecule has 60 valence electrons. The van der Waals surface area contributed by atoms with E-state index in [-0.39, 0.29) is 17.9 Å². The normalized spacial score (nSPS) is 11.2. The third kappa shape index (κ3) is 5.56. The summed E-state index contributed by atoms with van der Waals surface area (Å²) in [6.07, 6.45) is 0. The van der Waals surface area contributed by atoms with Gasteiger partial charge in [0.05, 0.1) is 6.54 Å². The zero-order valence-corrected chi connectivity index (χ0v) is 6.90. The molecule has 3 nitrogen and oxygen atoms in total. The van der Waals surface area contributed by atoms with E-state index in [1.165, 1.54) is 0 Å². The molecule has 0 aliphatic rings. The van der Waals surface area contributed by atoms with Crippen molar-refractivity contribution < 1.29 is 4.79 Å². The molecule has 0 aliphatic carbocycles. The monoisotopic (exact) mass is 144 g/mol. The highest BCUT2D eigenvalue weighted by Crippen LogP contribution is 2.09. The van der Waals surface area contributed by atoms with Crippen LogP contribution in [0.25, 0.3) is 0 Å². The number of carbonyl (C=O) groups is 1. The molecule has 1 amide bonds. The smallest absolute Gasteiger partial charge is 0.233 e. The molecule has 0 heterocycles. The molecule has 3 heteroatoms. The lowest BCUT2D eigenvalue weighted by atomic mass is 9.97. The zero-order chi connectivity index (χ0) is 8.20. The van der Waals surface area contributed by atoms with E-state index in [1.807, 2.05) is 0 Å². The highest BCUT2D eigenvalue weighted by Gasteiger charge is 2.10. The van der Waals surface area contributed by atoms with Gasteiger partial charge in [0, 0.05) is 6.54 Å². The minimum Gasteiger partial charge on any atom is -0.354 e. The second-order valence-electron chi connectivity index (χ2n) is 3.54. The molecule has 0 aromatic carbocycles. The van der Waals surface area contributed by atoms with Gasteiger partial charge in [-0.15, -0.1) is 0 Å². The van der Waals surface area contributed by atoms with Crippen LogP contribution >= 0.6 is 0 Å². The van der Waals surface area contributed by atoms with E-state index in [1.54, 1.807) is 0 Å². The van der Waals surface area contributed by atoms with Gasteiger partial charge < -0.3 is 11.1 Å². The number of amides is 1. The zero-order valence-electron chi connectivity index (χ0n) is 6.90. The van der Waals surface area contributed by atoms with Crippen molar-refractivity contribution in [2.24, 2.45) is 11.1 Å². The summed E-state index contributed by atoms with van der Waals surface area (Å²) in [6, 6.07) is 0. The molecule has 0 rings (SSSR count). The van der Waals surface area contributed by atoms with Gasteiger partial charge in [0.25, 0.3) is 0 Å². The van der Waals surface area contributed by atoms with Gasteiger partial charge in [0.2, 0.25) is 5.91 Å². The molecule has 0 aliphatic heterocycles. The summed E-state index contributed by atoms with van der Waals surface area (Å²) in [5.74, 6) is -0.0880. The first kappa shape index (κ1) is 9.43. The highest BCUT2D eigenvalue weighted by molar-refractivity contribution is 5.77. The van der Waals surface area contributed by atoms with Crippen molar-refractivity contribution in [1.82, 2.24) is 5.32 Å². The third-order valence-corrected chi connectivity index (χ3v) is 1.00. The van der Waals surface area contributed by atoms with Gasteiger partial charge >= 0.3 is 0 Å². The second kappa shape index (κ2) is 3.56. The van der Waals surface area contributed by atoms with Crippen LogP contribution in [0, 0.1) is 5.41 Å². The van der Waals surface area contributed by atoms with Crippen molar-refractivity contribution in [3.05, 3.63) is 0 Å². The number of rotatable bonds is 2. The van der Waals surface area contributed by atoms with Crippen LogP contribution in [0.1, 0.15) is 20.8 Å². The van der Waals surface area contributed by atoms with Crippen molar-refractivity contribution in [3.63, 3.8) is 0 Å². The maximum absolute atomic E-state index is 10.6. The second-order valence-corrected chi connectivity index (χ2v) is 3.54. The molecule has 0 spiro atoms. The van der Waals surface area contributed by atoms with E-state index in [0.717, 1.165) is 0 Å². The molecule has 0 unspecified atom stereocenters.